The fraction of sp³-hybridized carbons (Fsp3) is 0.625. The molecule has 1 N–H and O–H groups in total. The number of benzene rings is 1. The lowest BCUT2D eigenvalue weighted by molar-refractivity contribution is 0.199. The number of rotatable bonds is 3. The molecule has 0 saturated heterocycles. The van der Waals surface area contributed by atoms with E-state index in [2.05, 4.69) is 40.9 Å². The normalized spacial score (nSPS) is 25.1. The Labute approximate surface area is 124 Å². The third kappa shape index (κ3) is 3.51. The van der Waals surface area contributed by atoms with Crippen LogP contribution < -0.4 is 4.90 Å². The van der Waals surface area contributed by atoms with E-state index in [1.807, 2.05) is 19.1 Å². The second-order valence-electron chi connectivity index (χ2n) is 5.92. The van der Waals surface area contributed by atoms with Crippen molar-refractivity contribution in [1.82, 2.24) is 0 Å². The van der Waals surface area contributed by atoms with Crippen LogP contribution in [0.4, 0.5) is 5.69 Å². The molecule has 1 aromatic carbocycles. The van der Waals surface area contributed by atoms with Crippen molar-refractivity contribution < 1.29 is 5.11 Å². The van der Waals surface area contributed by atoms with Crippen molar-refractivity contribution in [3.05, 3.63) is 28.2 Å². The first-order chi connectivity index (χ1) is 8.99. The van der Waals surface area contributed by atoms with Gasteiger partial charge in [-0.15, -0.1) is 0 Å². The Bertz CT molecular complexity index is 433. The third-order valence-corrected chi connectivity index (χ3v) is 4.77. The van der Waals surface area contributed by atoms with Crippen molar-refractivity contribution in [3.63, 3.8) is 0 Å². The van der Waals surface area contributed by atoms with Gasteiger partial charge < -0.3 is 10.0 Å². The molecule has 3 heteroatoms. The smallest absolute Gasteiger partial charge is 0.0782 e. The van der Waals surface area contributed by atoms with Crippen LogP contribution >= 0.6 is 15.9 Å². The van der Waals surface area contributed by atoms with Crippen molar-refractivity contribution in [1.29, 1.82) is 0 Å². The summed E-state index contributed by atoms with van der Waals surface area (Å²) in [7, 11) is 2.16. The highest BCUT2D eigenvalue weighted by Gasteiger charge is 2.24. The monoisotopic (exact) mass is 325 g/mol. The van der Waals surface area contributed by atoms with Crippen LogP contribution in [0, 0.1) is 5.92 Å². The van der Waals surface area contributed by atoms with Crippen LogP contribution in [0.1, 0.15) is 51.2 Å². The quantitative estimate of drug-likeness (QED) is 0.883. The van der Waals surface area contributed by atoms with Gasteiger partial charge in [0.25, 0.3) is 0 Å². The van der Waals surface area contributed by atoms with Gasteiger partial charge in [-0.05, 0) is 37.8 Å². The maximum Gasteiger partial charge on any atom is 0.0782 e. The zero-order valence-electron chi connectivity index (χ0n) is 12.1. The molecule has 0 heterocycles. The molecule has 0 bridgehead atoms. The van der Waals surface area contributed by atoms with Crippen LogP contribution in [0.15, 0.2) is 22.7 Å². The summed E-state index contributed by atoms with van der Waals surface area (Å²) < 4.78 is 1.07. The van der Waals surface area contributed by atoms with Gasteiger partial charge in [-0.2, -0.15) is 0 Å². The van der Waals surface area contributed by atoms with Gasteiger partial charge in [0.1, 0.15) is 0 Å². The van der Waals surface area contributed by atoms with E-state index < -0.39 is 6.10 Å². The second-order valence-corrected chi connectivity index (χ2v) is 6.83. The molecule has 1 fully saturated rings. The van der Waals surface area contributed by atoms with Gasteiger partial charge in [0.05, 0.1) is 6.10 Å². The summed E-state index contributed by atoms with van der Waals surface area (Å²) in [6.45, 7) is 4.18. The molecule has 2 nitrogen and oxygen atoms in total. The topological polar surface area (TPSA) is 23.5 Å². The molecule has 0 aromatic heterocycles. The minimum Gasteiger partial charge on any atom is -0.389 e. The number of nitrogens with zero attached hydrogens (tertiary/aromatic N) is 1. The van der Waals surface area contributed by atoms with Gasteiger partial charge in [0.15, 0.2) is 0 Å². The van der Waals surface area contributed by atoms with Crippen molar-refractivity contribution in [2.45, 2.75) is 51.7 Å². The van der Waals surface area contributed by atoms with E-state index >= 15 is 0 Å². The lowest BCUT2D eigenvalue weighted by atomic mass is 9.86. The van der Waals surface area contributed by atoms with E-state index in [0.29, 0.717) is 6.04 Å². The van der Waals surface area contributed by atoms with Crippen LogP contribution in [0.2, 0.25) is 0 Å². The molecule has 0 amide bonds. The molecule has 19 heavy (non-hydrogen) atoms. The van der Waals surface area contributed by atoms with Gasteiger partial charge in [0.2, 0.25) is 0 Å². The third-order valence-electron chi connectivity index (χ3n) is 4.28. The predicted octanol–water partition coefficient (Wildman–Crippen LogP) is 4.52. The van der Waals surface area contributed by atoms with Gasteiger partial charge >= 0.3 is 0 Å². The predicted molar refractivity (Wildman–Crippen MR) is 84.6 cm³/mol. The van der Waals surface area contributed by atoms with Gasteiger partial charge in [-0.3, -0.25) is 0 Å². The van der Waals surface area contributed by atoms with Crippen LogP contribution in [0.25, 0.3) is 0 Å². The summed E-state index contributed by atoms with van der Waals surface area (Å²) in [6.07, 6.45) is 4.75. The Hall–Kier alpha value is -0.540. The standard InChI is InChI=1S/C16H24BrNO/c1-11-5-4-6-14(9-11)18(3)16-10-13(17)7-8-15(16)12(2)19/h7-8,10-12,14,19H,4-6,9H2,1-3H3. The van der Waals surface area contributed by atoms with E-state index in [0.717, 1.165) is 21.6 Å². The van der Waals surface area contributed by atoms with Crippen molar-refractivity contribution in [2.24, 2.45) is 5.92 Å². The number of aliphatic hydroxyl groups excluding tert-OH is 1. The average Bonchev–Trinajstić information content (AvgIpc) is 2.37. The molecular formula is C16H24BrNO. The zero-order valence-corrected chi connectivity index (χ0v) is 13.7. The molecule has 1 aliphatic rings. The Morgan fingerprint density at radius 2 is 2.11 bits per heavy atom. The molecule has 2 rings (SSSR count). The summed E-state index contributed by atoms with van der Waals surface area (Å²) >= 11 is 3.54. The number of aliphatic hydroxyl groups is 1. The van der Waals surface area contributed by atoms with Crippen molar-refractivity contribution >= 4 is 21.6 Å². The Balaban J connectivity index is 2.26. The number of hydrogen-bond donors (Lipinski definition) is 1. The molecule has 106 valence electrons. The molecule has 1 aromatic rings. The fourth-order valence-electron chi connectivity index (χ4n) is 3.13. The van der Waals surface area contributed by atoms with Gasteiger partial charge in [0, 0.05) is 28.8 Å². The lowest BCUT2D eigenvalue weighted by Crippen LogP contribution is -2.36. The summed E-state index contributed by atoms with van der Waals surface area (Å²) in [5, 5.41) is 9.95. The van der Waals surface area contributed by atoms with Crippen molar-refractivity contribution in [2.75, 3.05) is 11.9 Å². The summed E-state index contributed by atoms with van der Waals surface area (Å²) in [6, 6.07) is 6.74. The first-order valence-corrected chi connectivity index (χ1v) is 7.98. The molecular weight excluding hydrogens is 302 g/mol. The van der Waals surface area contributed by atoms with E-state index in [1.54, 1.807) is 0 Å². The highest BCUT2D eigenvalue weighted by Crippen LogP contribution is 2.34. The molecule has 3 atom stereocenters. The van der Waals surface area contributed by atoms with E-state index in [4.69, 9.17) is 0 Å². The number of hydrogen-bond acceptors (Lipinski definition) is 2. The largest absolute Gasteiger partial charge is 0.389 e. The van der Waals surface area contributed by atoms with Crippen LogP contribution in [-0.4, -0.2) is 18.2 Å². The number of anilines is 1. The van der Waals surface area contributed by atoms with Crippen LogP contribution in [0.3, 0.4) is 0 Å². The minimum absolute atomic E-state index is 0.424. The van der Waals surface area contributed by atoms with E-state index in [1.165, 1.54) is 25.7 Å². The minimum atomic E-state index is -0.424. The summed E-state index contributed by atoms with van der Waals surface area (Å²) in [5.74, 6) is 0.809. The first kappa shape index (κ1) is 14.9. The average molecular weight is 326 g/mol. The summed E-state index contributed by atoms with van der Waals surface area (Å²) in [4.78, 5) is 2.36. The Morgan fingerprint density at radius 1 is 1.37 bits per heavy atom. The lowest BCUT2D eigenvalue weighted by Gasteiger charge is -2.37. The SMILES string of the molecule is CC1CCCC(N(C)c2cc(Br)ccc2C(C)O)C1. The maximum atomic E-state index is 9.95. The van der Waals surface area contributed by atoms with Crippen LogP contribution in [0.5, 0.6) is 0 Å². The molecule has 0 radical (unpaired) electrons. The highest BCUT2D eigenvalue weighted by atomic mass is 79.9. The van der Waals surface area contributed by atoms with Gasteiger partial charge in [-0.25, -0.2) is 0 Å². The van der Waals surface area contributed by atoms with Crippen LogP contribution in [-0.2, 0) is 0 Å². The van der Waals surface area contributed by atoms with Gasteiger partial charge in [-0.1, -0.05) is 41.8 Å². The molecule has 1 aliphatic carbocycles. The first-order valence-electron chi connectivity index (χ1n) is 7.19. The zero-order chi connectivity index (χ0) is 14.0. The molecule has 1 saturated carbocycles. The Morgan fingerprint density at radius 3 is 2.74 bits per heavy atom. The Kier molecular flexibility index (Phi) is 4.91. The number of halogens is 1. The van der Waals surface area contributed by atoms with Crippen molar-refractivity contribution in [3.8, 4) is 0 Å². The summed E-state index contributed by atoms with van der Waals surface area (Å²) in [5.41, 5.74) is 2.17. The maximum absolute atomic E-state index is 9.95. The molecule has 0 spiro atoms. The van der Waals surface area contributed by atoms with E-state index in [9.17, 15) is 5.11 Å². The highest BCUT2D eigenvalue weighted by molar-refractivity contribution is 9.10. The fourth-order valence-corrected chi connectivity index (χ4v) is 3.48. The molecule has 3 unspecified atom stereocenters. The van der Waals surface area contributed by atoms with E-state index in [-0.39, 0.29) is 0 Å². The second kappa shape index (κ2) is 6.27. The molecule has 0 aliphatic heterocycles.